The Morgan fingerprint density at radius 3 is 3.14 bits per heavy atom. The number of allylic oxidation sites excluding steroid dienone is 1. The van der Waals surface area contributed by atoms with Crippen LogP contribution in [0.4, 0.5) is 5.69 Å². The van der Waals surface area contributed by atoms with Crippen molar-refractivity contribution in [2.75, 3.05) is 11.6 Å². The maximum atomic E-state index is 9.09. The summed E-state index contributed by atoms with van der Waals surface area (Å²) >= 11 is 3.26. The summed E-state index contributed by atoms with van der Waals surface area (Å²) in [4.78, 5) is 4.48. The van der Waals surface area contributed by atoms with Crippen molar-refractivity contribution in [1.82, 2.24) is 25.6 Å². The highest BCUT2D eigenvalue weighted by atomic mass is 32.2. The number of nitrogens with zero attached hydrogens (tertiary/aromatic N) is 5. The summed E-state index contributed by atoms with van der Waals surface area (Å²) in [7, 11) is 0. The molecule has 9 heteroatoms. The van der Waals surface area contributed by atoms with Crippen LogP contribution in [0.15, 0.2) is 28.7 Å². The van der Waals surface area contributed by atoms with Gasteiger partial charge in [-0.1, -0.05) is 11.8 Å². The van der Waals surface area contributed by atoms with Gasteiger partial charge in [-0.3, -0.25) is 0 Å². The first-order valence-electron chi connectivity index (χ1n) is 5.85. The Morgan fingerprint density at radius 1 is 1.52 bits per heavy atom. The zero-order chi connectivity index (χ0) is 14.7. The SMILES string of the molecule is CSc1nc2ccc(NC=C(C#N)c3nn[nH]n3)cc2s1. The molecule has 0 unspecified atom stereocenters. The van der Waals surface area contributed by atoms with Crippen molar-refractivity contribution in [3.63, 3.8) is 0 Å². The zero-order valence-corrected chi connectivity index (χ0v) is 12.5. The van der Waals surface area contributed by atoms with E-state index in [0.29, 0.717) is 5.57 Å². The number of thioether (sulfide) groups is 1. The van der Waals surface area contributed by atoms with Gasteiger partial charge >= 0.3 is 0 Å². The van der Waals surface area contributed by atoms with Gasteiger partial charge in [-0.15, -0.1) is 21.5 Å². The number of fused-ring (bicyclic) bond motifs is 1. The predicted octanol–water partition coefficient (Wildman–Crippen LogP) is 2.51. The third kappa shape index (κ3) is 2.86. The summed E-state index contributed by atoms with van der Waals surface area (Å²) in [6, 6.07) is 7.88. The van der Waals surface area contributed by atoms with Crippen molar-refractivity contribution < 1.29 is 0 Å². The minimum atomic E-state index is 0.258. The van der Waals surface area contributed by atoms with Gasteiger partial charge in [0.2, 0.25) is 5.82 Å². The third-order valence-corrected chi connectivity index (χ3v) is 4.64. The molecule has 2 heterocycles. The number of aromatic amines is 1. The second-order valence-corrected chi connectivity index (χ2v) is 6.00. The van der Waals surface area contributed by atoms with Crippen molar-refractivity contribution in [2.24, 2.45) is 0 Å². The standard InChI is InChI=1S/C12H9N7S2/c1-20-12-15-9-3-2-8(4-10(9)21-12)14-6-7(5-13)11-16-18-19-17-11/h2-4,6,14H,1H3,(H,16,17,18,19). The van der Waals surface area contributed by atoms with Crippen molar-refractivity contribution >= 4 is 44.6 Å². The van der Waals surface area contributed by atoms with E-state index in [4.69, 9.17) is 5.26 Å². The van der Waals surface area contributed by atoms with Crippen LogP contribution >= 0.6 is 23.1 Å². The average molecular weight is 315 g/mol. The first-order valence-corrected chi connectivity index (χ1v) is 7.89. The molecule has 21 heavy (non-hydrogen) atoms. The summed E-state index contributed by atoms with van der Waals surface area (Å²) in [5.74, 6) is 0.258. The lowest BCUT2D eigenvalue weighted by atomic mass is 10.3. The van der Waals surface area contributed by atoms with Gasteiger partial charge in [-0.2, -0.15) is 10.5 Å². The van der Waals surface area contributed by atoms with Crippen molar-refractivity contribution in [3.05, 3.63) is 30.2 Å². The first kappa shape index (κ1) is 13.5. The summed E-state index contributed by atoms with van der Waals surface area (Å²) in [6.45, 7) is 0. The molecular formula is C12H9N7S2. The van der Waals surface area contributed by atoms with Gasteiger partial charge in [0.1, 0.15) is 11.6 Å². The predicted molar refractivity (Wildman–Crippen MR) is 82.8 cm³/mol. The van der Waals surface area contributed by atoms with E-state index >= 15 is 0 Å². The number of nitrogens with one attached hydrogen (secondary N) is 2. The molecule has 0 saturated carbocycles. The molecule has 0 fully saturated rings. The smallest absolute Gasteiger partial charge is 0.216 e. The maximum absolute atomic E-state index is 9.09. The molecule has 0 aliphatic carbocycles. The molecule has 0 aliphatic rings. The van der Waals surface area contributed by atoms with E-state index in [2.05, 4.69) is 30.9 Å². The highest BCUT2D eigenvalue weighted by Crippen LogP contribution is 2.30. The molecule has 2 N–H and O–H groups in total. The van der Waals surface area contributed by atoms with Gasteiger partial charge < -0.3 is 5.32 Å². The van der Waals surface area contributed by atoms with E-state index in [1.807, 2.05) is 30.5 Å². The molecule has 1 aromatic carbocycles. The van der Waals surface area contributed by atoms with Gasteiger partial charge in [0.15, 0.2) is 4.34 Å². The number of anilines is 1. The molecule has 0 aliphatic heterocycles. The monoisotopic (exact) mass is 315 g/mol. The number of tetrazole rings is 1. The Morgan fingerprint density at radius 2 is 2.43 bits per heavy atom. The molecule has 0 saturated heterocycles. The Balaban J connectivity index is 1.86. The van der Waals surface area contributed by atoms with Crippen LogP contribution in [0, 0.1) is 11.3 Å². The average Bonchev–Trinajstić information content (AvgIpc) is 3.16. The van der Waals surface area contributed by atoms with Crippen LogP contribution in [0.25, 0.3) is 15.8 Å². The van der Waals surface area contributed by atoms with Crippen LogP contribution in [-0.4, -0.2) is 31.9 Å². The molecule has 0 bridgehead atoms. The number of nitriles is 1. The van der Waals surface area contributed by atoms with Crippen LogP contribution < -0.4 is 5.32 Å². The fourth-order valence-electron chi connectivity index (χ4n) is 1.66. The topological polar surface area (TPSA) is 103 Å². The first-order chi connectivity index (χ1) is 10.3. The van der Waals surface area contributed by atoms with Crippen molar-refractivity contribution in [3.8, 4) is 6.07 Å². The summed E-state index contributed by atoms with van der Waals surface area (Å²) < 4.78 is 2.12. The highest BCUT2D eigenvalue weighted by Gasteiger charge is 2.06. The van der Waals surface area contributed by atoms with E-state index in [1.165, 1.54) is 0 Å². The molecular weight excluding hydrogens is 306 g/mol. The fourth-order valence-corrected chi connectivity index (χ4v) is 3.19. The third-order valence-electron chi connectivity index (χ3n) is 2.63. The van der Waals surface area contributed by atoms with Crippen LogP contribution in [0.2, 0.25) is 0 Å². The molecule has 2 aromatic heterocycles. The van der Waals surface area contributed by atoms with Gasteiger partial charge in [0, 0.05) is 11.9 Å². The van der Waals surface area contributed by atoms with E-state index in [9.17, 15) is 0 Å². The Bertz CT molecular complexity index is 829. The lowest BCUT2D eigenvalue weighted by Gasteiger charge is -2.00. The van der Waals surface area contributed by atoms with Gasteiger partial charge in [0.05, 0.1) is 10.2 Å². The second kappa shape index (κ2) is 5.90. The molecule has 0 spiro atoms. The van der Waals surface area contributed by atoms with Crippen LogP contribution in [-0.2, 0) is 0 Å². The minimum absolute atomic E-state index is 0.258. The Labute approximate surface area is 128 Å². The van der Waals surface area contributed by atoms with Crippen LogP contribution in [0.3, 0.4) is 0 Å². The van der Waals surface area contributed by atoms with Gasteiger partial charge in [0.25, 0.3) is 0 Å². The second-order valence-electron chi connectivity index (χ2n) is 3.92. The molecule has 3 aromatic rings. The number of rotatable bonds is 4. The van der Waals surface area contributed by atoms with Crippen LogP contribution in [0.5, 0.6) is 0 Å². The summed E-state index contributed by atoms with van der Waals surface area (Å²) in [6.07, 6.45) is 3.56. The van der Waals surface area contributed by atoms with Gasteiger partial charge in [-0.25, -0.2) is 4.98 Å². The Kier molecular flexibility index (Phi) is 3.81. The molecule has 3 rings (SSSR count). The maximum Gasteiger partial charge on any atom is 0.216 e. The molecule has 0 amide bonds. The molecule has 7 nitrogen and oxygen atoms in total. The van der Waals surface area contributed by atoms with Crippen LogP contribution in [0.1, 0.15) is 5.82 Å². The molecule has 0 radical (unpaired) electrons. The van der Waals surface area contributed by atoms with Gasteiger partial charge in [-0.05, 0) is 29.7 Å². The van der Waals surface area contributed by atoms with E-state index in [-0.39, 0.29) is 5.82 Å². The van der Waals surface area contributed by atoms with Crippen molar-refractivity contribution in [2.45, 2.75) is 4.34 Å². The normalized spacial score (nSPS) is 11.5. The number of benzene rings is 1. The number of hydrogen-bond acceptors (Lipinski definition) is 8. The lowest BCUT2D eigenvalue weighted by Crippen LogP contribution is -1.92. The highest BCUT2D eigenvalue weighted by molar-refractivity contribution is 8.00. The minimum Gasteiger partial charge on any atom is -0.360 e. The zero-order valence-electron chi connectivity index (χ0n) is 10.9. The quantitative estimate of drug-likeness (QED) is 0.563. The lowest BCUT2D eigenvalue weighted by molar-refractivity contribution is 0.881. The van der Waals surface area contributed by atoms with E-state index in [0.717, 1.165) is 20.2 Å². The van der Waals surface area contributed by atoms with E-state index < -0.39 is 0 Å². The number of thiazole rings is 1. The number of aromatic nitrogens is 5. The largest absolute Gasteiger partial charge is 0.360 e. The molecule has 104 valence electrons. The number of hydrogen-bond donors (Lipinski definition) is 2. The Hall–Kier alpha value is -2.44. The number of H-pyrrole nitrogens is 1. The fraction of sp³-hybridized carbons (Fsp3) is 0.0833. The summed E-state index contributed by atoms with van der Waals surface area (Å²) in [5, 5.41) is 25.5. The van der Waals surface area contributed by atoms with Crippen molar-refractivity contribution in [1.29, 1.82) is 5.26 Å². The molecule has 0 atom stereocenters. The summed E-state index contributed by atoms with van der Waals surface area (Å²) in [5.41, 5.74) is 2.14. The van der Waals surface area contributed by atoms with E-state index in [1.54, 1.807) is 29.3 Å².